The summed E-state index contributed by atoms with van der Waals surface area (Å²) in [4.78, 5) is 22.4. The summed E-state index contributed by atoms with van der Waals surface area (Å²) in [6, 6.07) is 15.8. The Hall–Kier alpha value is -2.42. The van der Waals surface area contributed by atoms with Gasteiger partial charge < -0.3 is 5.73 Å². The first-order valence-corrected chi connectivity index (χ1v) is 7.65. The molecule has 1 fully saturated rings. The molecule has 0 spiro atoms. The van der Waals surface area contributed by atoms with Crippen molar-refractivity contribution in [1.82, 2.24) is 0 Å². The van der Waals surface area contributed by atoms with Crippen LogP contribution < -0.4 is 5.73 Å². The molecule has 3 heteroatoms. The predicted molar refractivity (Wildman–Crippen MR) is 86.6 cm³/mol. The molecule has 0 radical (unpaired) electrons. The van der Waals surface area contributed by atoms with Gasteiger partial charge in [0.05, 0.1) is 0 Å². The van der Waals surface area contributed by atoms with Crippen molar-refractivity contribution in [1.29, 1.82) is 0 Å². The highest BCUT2D eigenvalue weighted by Crippen LogP contribution is 2.32. The monoisotopic (exact) mass is 293 g/mol. The van der Waals surface area contributed by atoms with E-state index >= 15 is 0 Å². The maximum atomic E-state index is 11.3. The summed E-state index contributed by atoms with van der Waals surface area (Å²) in [6.45, 7) is 0. The molecule has 1 aliphatic rings. The number of ketones is 1. The third-order valence-corrected chi connectivity index (χ3v) is 4.43. The zero-order valence-electron chi connectivity index (χ0n) is 12.4. The van der Waals surface area contributed by atoms with Crippen LogP contribution in [0.2, 0.25) is 0 Å². The molecule has 1 aliphatic carbocycles. The number of benzene rings is 2. The summed E-state index contributed by atoms with van der Waals surface area (Å²) in [6.07, 6.45) is 3.35. The molecule has 0 aromatic heterocycles. The Balaban J connectivity index is 1.76. The van der Waals surface area contributed by atoms with Gasteiger partial charge >= 0.3 is 0 Å². The zero-order chi connectivity index (χ0) is 15.5. The minimum absolute atomic E-state index is 0.391. The average Bonchev–Trinajstić information content (AvgIpc) is 2.56. The summed E-state index contributed by atoms with van der Waals surface area (Å²) in [7, 11) is 0. The summed E-state index contributed by atoms with van der Waals surface area (Å²) in [5, 5.41) is 0. The Labute approximate surface area is 130 Å². The Kier molecular flexibility index (Phi) is 4.05. The molecule has 1 saturated carbocycles. The third-order valence-electron chi connectivity index (χ3n) is 4.43. The van der Waals surface area contributed by atoms with Crippen LogP contribution in [0.25, 0.3) is 11.1 Å². The molecule has 0 bridgehead atoms. The Morgan fingerprint density at radius 2 is 1.36 bits per heavy atom. The number of primary amides is 1. The number of nitrogens with two attached hydrogens (primary N) is 1. The highest BCUT2D eigenvalue weighted by atomic mass is 16.1. The minimum Gasteiger partial charge on any atom is -0.366 e. The van der Waals surface area contributed by atoms with Crippen LogP contribution in [0.3, 0.4) is 0 Å². The molecule has 2 aromatic rings. The lowest BCUT2D eigenvalue weighted by atomic mass is 9.83. The molecule has 112 valence electrons. The lowest BCUT2D eigenvalue weighted by Gasteiger charge is -2.21. The van der Waals surface area contributed by atoms with E-state index in [4.69, 9.17) is 5.73 Å². The second kappa shape index (κ2) is 6.14. The van der Waals surface area contributed by atoms with Crippen molar-refractivity contribution < 1.29 is 9.59 Å². The van der Waals surface area contributed by atoms with Crippen LogP contribution in [-0.2, 0) is 4.79 Å². The minimum atomic E-state index is -0.409. The summed E-state index contributed by atoms with van der Waals surface area (Å²) >= 11 is 0. The quantitative estimate of drug-likeness (QED) is 0.938. The lowest BCUT2D eigenvalue weighted by Crippen LogP contribution is -2.12. The second-order valence-electron chi connectivity index (χ2n) is 5.88. The first kappa shape index (κ1) is 14.5. The van der Waals surface area contributed by atoms with E-state index in [1.54, 1.807) is 12.1 Å². The van der Waals surface area contributed by atoms with Crippen LogP contribution in [0.1, 0.15) is 47.5 Å². The normalized spacial score (nSPS) is 15.7. The van der Waals surface area contributed by atoms with Crippen LogP contribution in [0.15, 0.2) is 48.5 Å². The topological polar surface area (TPSA) is 60.2 Å². The van der Waals surface area contributed by atoms with Crippen molar-refractivity contribution in [2.24, 2.45) is 5.73 Å². The van der Waals surface area contributed by atoms with Crippen molar-refractivity contribution in [3.63, 3.8) is 0 Å². The molecule has 0 saturated heterocycles. The Morgan fingerprint density at radius 1 is 0.864 bits per heavy atom. The van der Waals surface area contributed by atoms with Gasteiger partial charge in [0.2, 0.25) is 5.91 Å². The van der Waals surface area contributed by atoms with Gasteiger partial charge in [0.25, 0.3) is 0 Å². The van der Waals surface area contributed by atoms with E-state index in [1.165, 1.54) is 5.56 Å². The standard InChI is InChI=1S/C19H19NO2/c20-19(22)17-7-5-15(6-8-17)13-1-3-14(4-2-13)16-9-11-18(21)12-10-16/h1-8,16H,9-12H2,(H2,20,22). The number of rotatable bonds is 3. The summed E-state index contributed by atoms with van der Waals surface area (Å²) < 4.78 is 0. The summed E-state index contributed by atoms with van der Waals surface area (Å²) in [5.74, 6) is 0.486. The lowest BCUT2D eigenvalue weighted by molar-refractivity contribution is -0.120. The van der Waals surface area contributed by atoms with Crippen LogP contribution in [0, 0.1) is 0 Å². The number of hydrogen-bond donors (Lipinski definition) is 1. The van der Waals surface area contributed by atoms with E-state index in [2.05, 4.69) is 24.3 Å². The number of carbonyl (C=O) groups is 2. The smallest absolute Gasteiger partial charge is 0.248 e. The Bertz CT molecular complexity index is 676. The first-order valence-electron chi connectivity index (χ1n) is 7.65. The number of Topliss-reactive ketones (excluding diaryl/α,β-unsaturated/α-hetero) is 1. The second-order valence-corrected chi connectivity index (χ2v) is 5.88. The van der Waals surface area contributed by atoms with Crippen LogP contribution in [0.5, 0.6) is 0 Å². The summed E-state index contributed by atoms with van der Waals surface area (Å²) in [5.41, 5.74) is 9.27. The van der Waals surface area contributed by atoms with Crippen molar-refractivity contribution >= 4 is 11.7 Å². The number of hydrogen-bond acceptors (Lipinski definition) is 2. The third kappa shape index (κ3) is 3.08. The molecule has 2 aromatic carbocycles. The Morgan fingerprint density at radius 3 is 1.86 bits per heavy atom. The maximum Gasteiger partial charge on any atom is 0.248 e. The highest BCUT2D eigenvalue weighted by molar-refractivity contribution is 5.93. The van der Waals surface area contributed by atoms with Gasteiger partial charge in [0, 0.05) is 18.4 Å². The van der Waals surface area contributed by atoms with Crippen LogP contribution in [-0.4, -0.2) is 11.7 Å². The molecule has 3 rings (SSSR count). The molecule has 2 N–H and O–H groups in total. The molecule has 0 heterocycles. The molecular weight excluding hydrogens is 274 g/mol. The molecular formula is C19H19NO2. The SMILES string of the molecule is NC(=O)c1ccc(-c2ccc(C3CCC(=O)CC3)cc2)cc1. The van der Waals surface area contributed by atoms with Crippen molar-refractivity contribution in [3.8, 4) is 11.1 Å². The number of amides is 1. The van der Waals surface area contributed by atoms with Gasteiger partial charge in [-0.05, 0) is 47.6 Å². The fourth-order valence-corrected chi connectivity index (χ4v) is 3.05. The highest BCUT2D eigenvalue weighted by Gasteiger charge is 2.19. The van der Waals surface area contributed by atoms with E-state index in [0.717, 1.165) is 24.0 Å². The van der Waals surface area contributed by atoms with Gasteiger partial charge in [-0.3, -0.25) is 9.59 Å². The van der Waals surface area contributed by atoms with E-state index in [9.17, 15) is 9.59 Å². The molecule has 0 atom stereocenters. The van der Waals surface area contributed by atoms with E-state index in [0.29, 0.717) is 30.1 Å². The molecule has 22 heavy (non-hydrogen) atoms. The van der Waals surface area contributed by atoms with E-state index in [1.807, 2.05) is 12.1 Å². The van der Waals surface area contributed by atoms with Crippen molar-refractivity contribution in [3.05, 3.63) is 59.7 Å². The van der Waals surface area contributed by atoms with Gasteiger partial charge in [-0.2, -0.15) is 0 Å². The van der Waals surface area contributed by atoms with Gasteiger partial charge in [0.15, 0.2) is 0 Å². The van der Waals surface area contributed by atoms with Crippen molar-refractivity contribution in [2.75, 3.05) is 0 Å². The largest absolute Gasteiger partial charge is 0.366 e. The van der Waals surface area contributed by atoms with Gasteiger partial charge in [0.1, 0.15) is 5.78 Å². The molecule has 3 nitrogen and oxygen atoms in total. The van der Waals surface area contributed by atoms with Gasteiger partial charge in [-0.1, -0.05) is 36.4 Å². The predicted octanol–water partition coefficient (Wildman–Crippen LogP) is 3.68. The maximum absolute atomic E-state index is 11.3. The average molecular weight is 293 g/mol. The van der Waals surface area contributed by atoms with E-state index < -0.39 is 5.91 Å². The van der Waals surface area contributed by atoms with Gasteiger partial charge in [-0.15, -0.1) is 0 Å². The molecule has 0 unspecified atom stereocenters. The molecule has 0 aliphatic heterocycles. The zero-order valence-corrected chi connectivity index (χ0v) is 12.4. The number of carbonyl (C=O) groups excluding carboxylic acids is 2. The molecule has 1 amide bonds. The fourth-order valence-electron chi connectivity index (χ4n) is 3.05. The van der Waals surface area contributed by atoms with E-state index in [-0.39, 0.29) is 0 Å². The van der Waals surface area contributed by atoms with Crippen molar-refractivity contribution in [2.45, 2.75) is 31.6 Å². The van der Waals surface area contributed by atoms with Gasteiger partial charge in [-0.25, -0.2) is 0 Å². The van der Waals surface area contributed by atoms with Crippen LogP contribution >= 0.6 is 0 Å². The first-order chi connectivity index (χ1) is 10.6. The van der Waals surface area contributed by atoms with Crippen LogP contribution in [0.4, 0.5) is 0 Å². The fraction of sp³-hybridized carbons (Fsp3) is 0.263.